The minimum Gasteiger partial charge on any atom is -0.450 e. The quantitative estimate of drug-likeness (QED) is 0.792. The molecule has 2 amide bonds. The minimum atomic E-state index is -0.314. The molecule has 160 valence electrons. The van der Waals surface area contributed by atoms with Crippen LogP contribution in [0.5, 0.6) is 0 Å². The van der Waals surface area contributed by atoms with Crippen LogP contribution >= 0.6 is 0 Å². The molecule has 0 aliphatic carbocycles. The molecule has 6 heteroatoms. The molecule has 2 saturated heterocycles. The van der Waals surface area contributed by atoms with Crippen molar-refractivity contribution in [1.82, 2.24) is 15.1 Å². The van der Waals surface area contributed by atoms with Crippen LogP contribution in [-0.2, 0) is 22.6 Å². The van der Waals surface area contributed by atoms with E-state index in [2.05, 4.69) is 35.3 Å². The van der Waals surface area contributed by atoms with Crippen molar-refractivity contribution in [3.63, 3.8) is 0 Å². The lowest BCUT2D eigenvalue weighted by Crippen LogP contribution is -2.45. The molecule has 0 radical (unpaired) electrons. The van der Waals surface area contributed by atoms with Crippen LogP contribution in [0.2, 0.25) is 0 Å². The minimum absolute atomic E-state index is 0.0279. The van der Waals surface area contributed by atoms with E-state index in [-0.39, 0.29) is 17.9 Å². The lowest BCUT2D eigenvalue weighted by Gasteiger charge is -2.34. The molecule has 0 unspecified atom stereocenters. The number of carbonyl (C=O) groups is 2. The van der Waals surface area contributed by atoms with E-state index >= 15 is 0 Å². The van der Waals surface area contributed by atoms with Crippen LogP contribution in [0.4, 0.5) is 4.79 Å². The Bertz CT molecular complexity index is 694. The summed E-state index contributed by atoms with van der Waals surface area (Å²) in [6.45, 7) is 8.19. The molecule has 1 aromatic carbocycles. The van der Waals surface area contributed by atoms with Gasteiger partial charge in [0.1, 0.15) is 0 Å². The Labute approximate surface area is 174 Å². The molecule has 6 nitrogen and oxygen atoms in total. The van der Waals surface area contributed by atoms with E-state index in [1.54, 1.807) is 11.8 Å². The molecule has 0 bridgehead atoms. The van der Waals surface area contributed by atoms with Gasteiger partial charge < -0.3 is 15.0 Å². The van der Waals surface area contributed by atoms with Crippen LogP contribution in [0, 0.1) is 5.92 Å². The van der Waals surface area contributed by atoms with E-state index in [1.165, 1.54) is 30.4 Å². The van der Waals surface area contributed by atoms with Gasteiger partial charge in [-0.25, -0.2) is 4.79 Å². The second-order valence-electron chi connectivity index (χ2n) is 8.29. The first-order chi connectivity index (χ1) is 14.1. The average molecular weight is 402 g/mol. The summed E-state index contributed by atoms with van der Waals surface area (Å²) in [6.07, 6.45) is 5.18. The highest BCUT2D eigenvalue weighted by Gasteiger charge is 2.29. The highest BCUT2D eigenvalue weighted by molar-refractivity contribution is 5.80. The van der Waals surface area contributed by atoms with Crippen molar-refractivity contribution in [2.24, 2.45) is 5.92 Å². The van der Waals surface area contributed by atoms with Crippen LogP contribution in [0.3, 0.4) is 0 Å². The fourth-order valence-electron chi connectivity index (χ4n) is 4.39. The lowest BCUT2D eigenvalue weighted by atomic mass is 9.97. The molecular formula is C23H35N3O3. The van der Waals surface area contributed by atoms with Gasteiger partial charge in [-0.05, 0) is 57.2 Å². The molecule has 1 aromatic rings. The molecule has 29 heavy (non-hydrogen) atoms. The SMILES string of the molecule is CCOC(=O)N1CCC[C@@H](C(=O)NCc2ccccc2CN2CCCC[C@@H]2C)C1. The van der Waals surface area contributed by atoms with Crippen molar-refractivity contribution in [3.8, 4) is 0 Å². The number of rotatable bonds is 6. The van der Waals surface area contributed by atoms with E-state index in [9.17, 15) is 9.59 Å². The molecule has 1 N–H and O–H groups in total. The number of amides is 2. The first-order valence-corrected chi connectivity index (χ1v) is 11.1. The van der Waals surface area contributed by atoms with Crippen molar-refractivity contribution in [1.29, 1.82) is 0 Å². The van der Waals surface area contributed by atoms with Gasteiger partial charge in [-0.3, -0.25) is 9.69 Å². The molecule has 0 aromatic heterocycles. The van der Waals surface area contributed by atoms with Crippen LogP contribution in [-0.4, -0.2) is 54.1 Å². The number of benzene rings is 1. The third-order valence-electron chi connectivity index (χ3n) is 6.20. The number of hydrogen-bond acceptors (Lipinski definition) is 4. The standard InChI is InChI=1S/C23H35N3O3/c1-3-29-23(28)26-14-8-12-21(17-26)22(27)24-15-19-10-4-5-11-20(19)16-25-13-7-6-9-18(25)2/h4-5,10-11,18,21H,3,6-9,12-17H2,1-2H3,(H,24,27)/t18-,21+/m0/s1. The normalized spacial score (nSPS) is 22.9. The summed E-state index contributed by atoms with van der Waals surface area (Å²) < 4.78 is 5.09. The number of ether oxygens (including phenoxy) is 1. The van der Waals surface area contributed by atoms with Crippen molar-refractivity contribution < 1.29 is 14.3 Å². The molecule has 2 heterocycles. The fraction of sp³-hybridized carbons (Fsp3) is 0.652. The number of nitrogens with one attached hydrogen (secondary N) is 1. The van der Waals surface area contributed by atoms with Gasteiger partial charge in [0.25, 0.3) is 0 Å². The highest BCUT2D eigenvalue weighted by Crippen LogP contribution is 2.21. The molecule has 2 atom stereocenters. The third kappa shape index (κ3) is 5.95. The molecule has 3 rings (SSSR count). The second-order valence-corrected chi connectivity index (χ2v) is 8.29. The van der Waals surface area contributed by atoms with Crippen molar-refractivity contribution in [3.05, 3.63) is 35.4 Å². The maximum absolute atomic E-state index is 12.8. The van der Waals surface area contributed by atoms with Crippen LogP contribution < -0.4 is 5.32 Å². The summed E-state index contributed by atoms with van der Waals surface area (Å²) in [5, 5.41) is 3.11. The van der Waals surface area contributed by atoms with E-state index in [0.717, 1.165) is 25.9 Å². The Morgan fingerprint density at radius 1 is 1.10 bits per heavy atom. The van der Waals surface area contributed by atoms with E-state index < -0.39 is 0 Å². The first kappa shape index (κ1) is 21.6. The molecule has 2 fully saturated rings. The van der Waals surface area contributed by atoms with Crippen molar-refractivity contribution in [2.75, 3.05) is 26.2 Å². The first-order valence-electron chi connectivity index (χ1n) is 11.1. The third-order valence-corrected chi connectivity index (χ3v) is 6.20. The molecule has 2 aliphatic heterocycles. The molecule has 0 saturated carbocycles. The lowest BCUT2D eigenvalue weighted by molar-refractivity contribution is -0.126. The number of likely N-dealkylation sites (tertiary alicyclic amines) is 2. The zero-order valence-electron chi connectivity index (χ0n) is 17.9. The van der Waals surface area contributed by atoms with Gasteiger partial charge in [0.05, 0.1) is 12.5 Å². The van der Waals surface area contributed by atoms with Gasteiger partial charge in [0.15, 0.2) is 0 Å². The smallest absolute Gasteiger partial charge is 0.409 e. The Morgan fingerprint density at radius 3 is 2.66 bits per heavy atom. The molecule has 2 aliphatic rings. The van der Waals surface area contributed by atoms with Crippen LogP contribution in [0.15, 0.2) is 24.3 Å². The van der Waals surface area contributed by atoms with Crippen molar-refractivity contribution in [2.45, 2.75) is 65.1 Å². The number of hydrogen-bond donors (Lipinski definition) is 1. The summed E-state index contributed by atoms with van der Waals surface area (Å²) >= 11 is 0. The van der Waals surface area contributed by atoms with Gasteiger partial charge >= 0.3 is 6.09 Å². The Balaban J connectivity index is 1.55. The summed E-state index contributed by atoms with van der Waals surface area (Å²) in [5.74, 6) is -0.137. The molecular weight excluding hydrogens is 366 g/mol. The second kappa shape index (κ2) is 10.6. The predicted molar refractivity (Wildman–Crippen MR) is 113 cm³/mol. The average Bonchev–Trinajstić information content (AvgIpc) is 2.75. The Kier molecular flexibility index (Phi) is 7.92. The predicted octanol–water partition coefficient (Wildman–Crippen LogP) is 3.55. The highest BCUT2D eigenvalue weighted by atomic mass is 16.6. The van der Waals surface area contributed by atoms with Gasteiger partial charge in [-0.2, -0.15) is 0 Å². The maximum Gasteiger partial charge on any atom is 0.409 e. The van der Waals surface area contributed by atoms with Gasteiger partial charge in [0, 0.05) is 32.2 Å². The number of carbonyl (C=O) groups excluding carboxylic acids is 2. The topological polar surface area (TPSA) is 61.9 Å². The summed E-state index contributed by atoms with van der Waals surface area (Å²) in [4.78, 5) is 28.9. The van der Waals surface area contributed by atoms with Gasteiger partial charge in [-0.1, -0.05) is 30.7 Å². The maximum atomic E-state index is 12.8. The Morgan fingerprint density at radius 2 is 1.90 bits per heavy atom. The fourth-order valence-corrected chi connectivity index (χ4v) is 4.39. The number of nitrogens with zero attached hydrogens (tertiary/aromatic N) is 2. The zero-order valence-corrected chi connectivity index (χ0v) is 17.9. The van der Waals surface area contributed by atoms with Crippen LogP contribution in [0.25, 0.3) is 0 Å². The summed E-state index contributed by atoms with van der Waals surface area (Å²) in [6, 6.07) is 9.01. The van der Waals surface area contributed by atoms with Crippen LogP contribution in [0.1, 0.15) is 57.1 Å². The number of piperidine rings is 2. The molecule has 0 spiro atoms. The Hall–Kier alpha value is -2.08. The monoisotopic (exact) mass is 401 g/mol. The summed E-state index contributed by atoms with van der Waals surface area (Å²) in [5.41, 5.74) is 2.47. The van der Waals surface area contributed by atoms with Gasteiger partial charge in [0.2, 0.25) is 5.91 Å². The van der Waals surface area contributed by atoms with Gasteiger partial charge in [-0.15, -0.1) is 0 Å². The van der Waals surface area contributed by atoms with Crippen molar-refractivity contribution >= 4 is 12.0 Å². The zero-order chi connectivity index (χ0) is 20.6. The largest absolute Gasteiger partial charge is 0.450 e. The van der Waals surface area contributed by atoms with E-state index in [4.69, 9.17) is 4.74 Å². The van der Waals surface area contributed by atoms with E-state index in [1.807, 2.05) is 6.07 Å². The van der Waals surface area contributed by atoms with E-state index in [0.29, 0.717) is 32.3 Å². The summed E-state index contributed by atoms with van der Waals surface area (Å²) in [7, 11) is 0.